The number of carbonyl (C=O) groups is 1. The summed E-state index contributed by atoms with van der Waals surface area (Å²) in [6.45, 7) is 3.67. The minimum Gasteiger partial charge on any atom is -0.409 e. The molecule has 0 spiro atoms. The van der Waals surface area contributed by atoms with Gasteiger partial charge in [-0.05, 0) is 18.4 Å². The number of oxime groups is 1. The molecule has 5 heteroatoms. The fourth-order valence-corrected chi connectivity index (χ4v) is 2.31. The van der Waals surface area contributed by atoms with Gasteiger partial charge in [0, 0.05) is 11.5 Å². The Morgan fingerprint density at radius 3 is 2.79 bits per heavy atom. The summed E-state index contributed by atoms with van der Waals surface area (Å²) >= 11 is 0. The molecule has 1 heterocycles. The third-order valence-corrected chi connectivity index (χ3v) is 3.38. The van der Waals surface area contributed by atoms with Crippen LogP contribution in [-0.2, 0) is 4.79 Å². The van der Waals surface area contributed by atoms with Crippen LogP contribution in [0.2, 0.25) is 0 Å². The standard InChI is InChI=1S/C14H17N3O2/c1-2-3-11-8-12(16-14(11)18)9-4-6-10(7-5-9)13(15)17-19/h2,4-7,11-12,19H,1,3,8H2,(H2,15,17)(H,16,18)/t11-,12+/m0/s1. The first-order valence-electron chi connectivity index (χ1n) is 6.15. The van der Waals surface area contributed by atoms with Crippen LogP contribution in [-0.4, -0.2) is 17.0 Å². The minimum absolute atomic E-state index is 0.00579. The monoisotopic (exact) mass is 259 g/mol. The molecule has 0 aliphatic carbocycles. The maximum atomic E-state index is 11.7. The van der Waals surface area contributed by atoms with Gasteiger partial charge >= 0.3 is 0 Å². The highest BCUT2D eigenvalue weighted by molar-refractivity contribution is 5.97. The van der Waals surface area contributed by atoms with Gasteiger partial charge in [0.15, 0.2) is 5.84 Å². The van der Waals surface area contributed by atoms with Crippen LogP contribution in [0.1, 0.15) is 30.0 Å². The largest absolute Gasteiger partial charge is 0.409 e. The number of allylic oxidation sites excluding steroid dienone is 1. The Morgan fingerprint density at radius 1 is 1.53 bits per heavy atom. The summed E-state index contributed by atoms with van der Waals surface area (Å²) < 4.78 is 0. The van der Waals surface area contributed by atoms with Crippen molar-refractivity contribution in [2.75, 3.05) is 0 Å². The second-order valence-corrected chi connectivity index (χ2v) is 4.63. The molecular formula is C14H17N3O2. The van der Waals surface area contributed by atoms with Gasteiger partial charge in [-0.2, -0.15) is 0 Å². The van der Waals surface area contributed by atoms with Crippen molar-refractivity contribution >= 4 is 11.7 Å². The van der Waals surface area contributed by atoms with Gasteiger partial charge < -0.3 is 16.3 Å². The SMILES string of the molecule is C=CC[C@H]1C[C@H](c2ccc(/C(N)=N\O)cc2)NC1=O. The number of rotatable bonds is 4. The topological polar surface area (TPSA) is 87.7 Å². The fraction of sp³-hybridized carbons (Fsp3) is 0.286. The van der Waals surface area contributed by atoms with Gasteiger partial charge in [-0.15, -0.1) is 6.58 Å². The number of carbonyl (C=O) groups excluding carboxylic acids is 1. The molecule has 100 valence electrons. The number of amidine groups is 1. The Kier molecular flexibility index (Phi) is 3.85. The predicted octanol–water partition coefficient (Wildman–Crippen LogP) is 1.53. The van der Waals surface area contributed by atoms with Crippen molar-refractivity contribution in [1.29, 1.82) is 0 Å². The molecule has 0 unspecified atom stereocenters. The first-order valence-corrected chi connectivity index (χ1v) is 6.15. The van der Waals surface area contributed by atoms with E-state index in [4.69, 9.17) is 10.9 Å². The summed E-state index contributed by atoms with van der Waals surface area (Å²) in [6.07, 6.45) is 3.24. The lowest BCUT2D eigenvalue weighted by molar-refractivity contribution is -0.122. The molecular weight excluding hydrogens is 242 g/mol. The lowest BCUT2D eigenvalue weighted by Gasteiger charge is -2.10. The number of amides is 1. The van der Waals surface area contributed by atoms with Crippen LogP contribution in [0.5, 0.6) is 0 Å². The molecule has 0 radical (unpaired) electrons. The Balaban J connectivity index is 2.11. The average Bonchev–Trinajstić information content (AvgIpc) is 2.80. The third-order valence-electron chi connectivity index (χ3n) is 3.38. The average molecular weight is 259 g/mol. The molecule has 0 bridgehead atoms. The van der Waals surface area contributed by atoms with E-state index in [1.165, 1.54) is 0 Å². The Hall–Kier alpha value is -2.30. The quantitative estimate of drug-likeness (QED) is 0.252. The smallest absolute Gasteiger partial charge is 0.223 e. The van der Waals surface area contributed by atoms with E-state index in [9.17, 15) is 4.79 Å². The molecule has 1 aliphatic rings. The van der Waals surface area contributed by atoms with Crippen LogP contribution < -0.4 is 11.1 Å². The summed E-state index contributed by atoms with van der Waals surface area (Å²) in [4.78, 5) is 11.7. The van der Waals surface area contributed by atoms with E-state index < -0.39 is 0 Å². The van der Waals surface area contributed by atoms with Crippen LogP contribution in [0.3, 0.4) is 0 Å². The summed E-state index contributed by atoms with van der Waals surface area (Å²) in [5.41, 5.74) is 7.17. The van der Waals surface area contributed by atoms with Crippen molar-refractivity contribution < 1.29 is 10.0 Å². The fourth-order valence-electron chi connectivity index (χ4n) is 2.31. The number of nitrogens with one attached hydrogen (secondary N) is 1. The summed E-state index contributed by atoms with van der Waals surface area (Å²) in [5, 5.41) is 14.5. The van der Waals surface area contributed by atoms with Crippen LogP contribution in [0, 0.1) is 5.92 Å². The maximum absolute atomic E-state index is 11.7. The molecule has 1 aromatic rings. The molecule has 0 saturated carbocycles. The van der Waals surface area contributed by atoms with Crippen molar-refractivity contribution in [2.45, 2.75) is 18.9 Å². The zero-order chi connectivity index (χ0) is 13.8. The lowest BCUT2D eigenvalue weighted by atomic mass is 9.97. The first-order chi connectivity index (χ1) is 9.15. The molecule has 4 N–H and O–H groups in total. The number of benzene rings is 1. The minimum atomic E-state index is 0.00579. The first kappa shape index (κ1) is 13.1. The number of nitrogens with zero attached hydrogens (tertiary/aromatic N) is 1. The van der Waals surface area contributed by atoms with Crippen LogP contribution in [0.4, 0.5) is 0 Å². The Labute approximate surface area is 111 Å². The van der Waals surface area contributed by atoms with E-state index in [1.54, 1.807) is 18.2 Å². The van der Waals surface area contributed by atoms with Gasteiger partial charge in [-0.25, -0.2) is 0 Å². The van der Waals surface area contributed by atoms with E-state index in [0.717, 1.165) is 12.0 Å². The zero-order valence-corrected chi connectivity index (χ0v) is 10.5. The van der Waals surface area contributed by atoms with Gasteiger partial charge in [0.25, 0.3) is 0 Å². The van der Waals surface area contributed by atoms with Crippen LogP contribution in [0.25, 0.3) is 0 Å². The number of hydrogen-bond acceptors (Lipinski definition) is 3. The molecule has 1 aromatic carbocycles. The molecule has 0 aromatic heterocycles. The molecule has 1 fully saturated rings. The normalized spacial score (nSPS) is 23.2. The highest BCUT2D eigenvalue weighted by Crippen LogP contribution is 2.30. The van der Waals surface area contributed by atoms with Gasteiger partial charge in [0.05, 0.1) is 6.04 Å². The van der Waals surface area contributed by atoms with Gasteiger partial charge in [0.2, 0.25) is 5.91 Å². The van der Waals surface area contributed by atoms with E-state index in [0.29, 0.717) is 12.0 Å². The van der Waals surface area contributed by atoms with Crippen molar-refractivity contribution in [3.8, 4) is 0 Å². The molecule has 2 rings (SSSR count). The Morgan fingerprint density at radius 2 is 2.21 bits per heavy atom. The second kappa shape index (κ2) is 5.56. The number of hydrogen-bond donors (Lipinski definition) is 3. The van der Waals surface area contributed by atoms with Crippen LogP contribution >= 0.6 is 0 Å². The predicted molar refractivity (Wildman–Crippen MR) is 72.8 cm³/mol. The van der Waals surface area contributed by atoms with Crippen LogP contribution in [0.15, 0.2) is 42.1 Å². The van der Waals surface area contributed by atoms with E-state index >= 15 is 0 Å². The van der Waals surface area contributed by atoms with E-state index in [2.05, 4.69) is 17.1 Å². The molecule has 5 nitrogen and oxygen atoms in total. The van der Waals surface area contributed by atoms with Crippen molar-refractivity contribution in [3.63, 3.8) is 0 Å². The lowest BCUT2D eigenvalue weighted by Crippen LogP contribution is -2.21. The second-order valence-electron chi connectivity index (χ2n) is 4.63. The summed E-state index contributed by atoms with van der Waals surface area (Å²) in [5.74, 6) is 0.156. The Bertz CT molecular complexity index is 508. The van der Waals surface area contributed by atoms with E-state index in [1.807, 2.05) is 12.1 Å². The summed E-state index contributed by atoms with van der Waals surface area (Å²) in [6, 6.07) is 7.34. The molecule has 1 aliphatic heterocycles. The number of nitrogens with two attached hydrogens (primary N) is 1. The van der Waals surface area contributed by atoms with Crippen molar-refractivity contribution in [3.05, 3.63) is 48.0 Å². The molecule has 19 heavy (non-hydrogen) atoms. The van der Waals surface area contributed by atoms with Crippen molar-refractivity contribution in [1.82, 2.24) is 5.32 Å². The maximum Gasteiger partial charge on any atom is 0.223 e. The van der Waals surface area contributed by atoms with Crippen molar-refractivity contribution in [2.24, 2.45) is 16.8 Å². The van der Waals surface area contributed by atoms with Gasteiger partial charge in [0.1, 0.15) is 0 Å². The third kappa shape index (κ3) is 2.76. The highest BCUT2D eigenvalue weighted by Gasteiger charge is 2.31. The molecule has 1 saturated heterocycles. The summed E-state index contributed by atoms with van der Waals surface area (Å²) in [7, 11) is 0. The van der Waals surface area contributed by atoms with E-state index in [-0.39, 0.29) is 23.7 Å². The molecule has 1 amide bonds. The highest BCUT2D eigenvalue weighted by atomic mass is 16.4. The van der Waals surface area contributed by atoms with Gasteiger partial charge in [-0.3, -0.25) is 4.79 Å². The zero-order valence-electron chi connectivity index (χ0n) is 10.5. The molecule has 2 atom stereocenters. The van der Waals surface area contributed by atoms with Gasteiger partial charge in [-0.1, -0.05) is 35.5 Å².